The molecule has 0 saturated carbocycles. The Morgan fingerprint density at radius 1 is 1.33 bits per heavy atom. The van der Waals surface area contributed by atoms with E-state index in [0.717, 1.165) is 38.3 Å². The molecule has 0 amide bonds. The van der Waals surface area contributed by atoms with Gasteiger partial charge in [-0.05, 0) is 42.0 Å². The van der Waals surface area contributed by atoms with Crippen molar-refractivity contribution in [1.29, 1.82) is 0 Å². The van der Waals surface area contributed by atoms with Gasteiger partial charge < -0.3 is 10.1 Å². The second-order valence-corrected chi connectivity index (χ2v) is 5.99. The Morgan fingerprint density at radius 2 is 2.17 bits per heavy atom. The normalized spacial score (nSPS) is 14.4. The average Bonchev–Trinajstić information content (AvgIpc) is 2.82. The molecule has 0 aromatic heterocycles. The minimum absolute atomic E-state index is 0.409. The van der Waals surface area contributed by atoms with E-state index in [-0.39, 0.29) is 0 Å². The van der Waals surface area contributed by atoms with E-state index in [1.807, 2.05) is 0 Å². The lowest BCUT2D eigenvalue weighted by Gasteiger charge is -2.22. The molecule has 0 atom stereocenters. The van der Waals surface area contributed by atoms with Gasteiger partial charge in [0.05, 0.1) is 6.61 Å². The van der Waals surface area contributed by atoms with Crippen molar-refractivity contribution >= 4 is 0 Å². The standard InChI is InChI=1S/C16H25NO/c1-4-16(2,3)12-17-9-7-13-5-6-15-14(11-13)8-10-18-15/h5-6,11,17H,4,7-10,12H2,1-3H3. The van der Waals surface area contributed by atoms with Crippen LogP contribution in [0, 0.1) is 5.41 Å². The Kier molecular flexibility index (Phi) is 4.28. The zero-order valence-electron chi connectivity index (χ0n) is 11.9. The fraction of sp³-hybridized carbons (Fsp3) is 0.625. The summed E-state index contributed by atoms with van der Waals surface area (Å²) in [4.78, 5) is 0. The van der Waals surface area contributed by atoms with E-state index in [1.165, 1.54) is 17.5 Å². The van der Waals surface area contributed by atoms with Gasteiger partial charge in [-0.15, -0.1) is 0 Å². The average molecular weight is 247 g/mol. The first-order valence-electron chi connectivity index (χ1n) is 7.06. The van der Waals surface area contributed by atoms with Gasteiger partial charge in [0, 0.05) is 13.0 Å². The fourth-order valence-electron chi connectivity index (χ4n) is 2.18. The molecular formula is C16H25NO. The van der Waals surface area contributed by atoms with Crippen LogP contribution in [0.2, 0.25) is 0 Å². The number of benzene rings is 1. The van der Waals surface area contributed by atoms with Crippen LogP contribution in [-0.2, 0) is 12.8 Å². The SMILES string of the molecule is CCC(C)(C)CNCCc1ccc2c(c1)CCO2. The van der Waals surface area contributed by atoms with Crippen LogP contribution in [0.1, 0.15) is 38.3 Å². The second kappa shape index (κ2) is 5.75. The first-order chi connectivity index (χ1) is 8.61. The van der Waals surface area contributed by atoms with Crippen LogP contribution in [0.3, 0.4) is 0 Å². The van der Waals surface area contributed by atoms with Crippen molar-refractivity contribution in [2.45, 2.75) is 40.0 Å². The maximum Gasteiger partial charge on any atom is 0.122 e. The number of nitrogens with one attached hydrogen (secondary N) is 1. The molecule has 1 aliphatic rings. The third kappa shape index (κ3) is 3.49. The minimum atomic E-state index is 0.409. The van der Waals surface area contributed by atoms with Crippen molar-refractivity contribution in [3.63, 3.8) is 0 Å². The van der Waals surface area contributed by atoms with E-state index < -0.39 is 0 Å². The predicted molar refractivity (Wildman–Crippen MR) is 76.3 cm³/mol. The van der Waals surface area contributed by atoms with Crippen molar-refractivity contribution < 1.29 is 4.74 Å². The first kappa shape index (κ1) is 13.4. The number of fused-ring (bicyclic) bond motifs is 1. The van der Waals surface area contributed by atoms with Crippen LogP contribution in [-0.4, -0.2) is 19.7 Å². The summed E-state index contributed by atoms with van der Waals surface area (Å²) in [5, 5.41) is 3.56. The summed E-state index contributed by atoms with van der Waals surface area (Å²) in [6, 6.07) is 6.61. The molecule has 1 aromatic rings. The van der Waals surface area contributed by atoms with E-state index in [1.54, 1.807) is 0 Å². The molecule has 100 valence electrons. The van der Waals surface area contributed by atoms with Gasteiger partial charge in [-0.1, -0.05) is 32.9 Å². The third-order valence-electron chi connectivity index (χ3n) is 3.90. The highest BCUT2D eigenvalue weighted by atomic mass is 16.5. The largest absolute Gasteiger partial charge is 0.493 e. The number of hydrogen-bond donors (Lipinski definition) is 1. The smallest absolute Gasteiger partial charge is 0.122 e. The summed E-state index contributed by atoms with van der Waals surface area (Å²) in [6.07, 6.45) is 3.39. The van der Waals surface area contributed by atoms with Gasteiger partial charge in [0.2, 0.25) is 0 Å². The lowest BCUT2D eigenvalue weighted by molar-refractivity contribution is 0.329. The molecule has 1 aromatic carbocycles. The van der Waals surface area contributed by atoms with Crippen molar-refractivity contribution in [1.82, 2.24) is 5.32 Å². The zero-order chi connectivity index (χ0) is 13.0. The van der Waals surface area contributed by atoms with Gasteiger partial charge in [0.15, 0.2) is 0 Å². The molecule has 1 N–H and O–H groups in total. The number of hydrogen-bond acceptors (Lipinski definition) is 2. The molecule has 2 heteroatoms. The van der Waals surface area contributed by atoms with Crippen LogP contribution < -0.4 is 10.1 Å². The van der Waals surface area contributed by atoms with Gasteiger partial charge in [-0.3, -0.25) is 0 Å². The van der Waals surface area contributed by atoms with Gasteiger partial charge in [-0.2, -0.15) is 0 Å². The van der Waals surface area contributed by atoms with Crippen LogP contribution in [0.5, 0.6) is 5.75 Å². The fourth-order valence-corrected chi connectivity index (χ4v) is 2.18. The molecule has 1 heterocycles. The van der Waals surface area contributed by atoms with Crippen LogP contribution >= 0.6 is 0 Å². The predicted octanol–water partition coefficient (Wildman–Crippen LogP) is 3.19. The molecular weight excluding hydrogens is 222 g/mol. The topological polar surface area (TPSA) is 21.3 Å². The lowest BCUT2D eigenvalue weighted by Crippen LogP contribution is -2.30. The molecule has 0 aliphatic carbocycles. The van der Waals surface area contributed by atoms with Gasteiger partial charge in [0.25, 0.3) is 0 Å². The maximum atomic E-state index is 5.52. The molecule has 0 radical (unpaired) electrons. The van der Waals surface area contributed by atoms with E-state index in [9.17, 15) is 0 Å². The van der Waals surface area contributed by atoms with Crippen molar-refractivity contribution in [2.24, 2.45) is 5.41 Å². The minimum Gasteiger partial charge on any atom is -0.493 e. The first-order valence-corrected chi connectivity index (χ1v) is 7.06. The molecule has 2 nitrogen and oxygen atoms in total. The Labute approximate surface area is 111 Å². The lowest BCUT2D eigenvalue weighted by atomic mass is 9.90. The quantitative estimate of drug-likeness (QED) is 0.780. The Balaban J connectivity index is 1.77. The molecule has 0 bridgehead atoms. The summed E-state index contributed by atoms with van der Waals surface area (Å²) >= 11 is 0. The monoisotopic (exact) mass is 247 g/mol. The van der Waals surface area contributed by atoms with E-state index in [2.05, 4.69) is 44.3 Å². The molecule has 1 aliphatic heterocycles. The Hall–Kier alpha value is -1.02. The molecule has 0 spiro atoms. The molecule has 0 unspecified atom stereocenters. The van der Waals surface area contributed by atoms with Gasteiger partial charge in [-0.25, -0.2) is 0 Å². The van der Waals surface area contributed by atoms with Crippen molar-refractivity contribution in [2.75, 3.05) is 19.7 Å². The summed E-state index contributed by atoms with van der Waals surface area (Å²) in [5.74, 6) is 1.08. The van der Waals surface area contributed by atoms with Crippen LogP contribution in [0.4, 0.5) is 0 Å². The van der Waals surface area contributed by atoms with Crippen LogP contribution in [0.25, 0.3) is 0 Å². The summed E-state index contributed by atoms with van der Waals surface area (Å²) in [6.45, 7) is 9.88. The number of ether oxygens (including phenoxy) is 1. The highest BCUT2D eigenvalue weighted by molar-refractivity contribution is 5.39. The van der Waals surface area contributed by atoms with Crippen molar-refractivity contribution in [3.8, 4) is 5.75 Å². The maximum absolute atomic E-state index is 5.52. The van der Waals surface area contributed by atoms with E-state index in [0.29, 0.717) is 5.41 Å². The van der Waals surface area contributed by atoms with Gasteiger partial charge in [0.1, 0.15) is 5.75 Å². The molecule has 2 rings (SSSR count). The summed E-state index contributed by atoms with van der Waals surface area (Å²) in [7, 11) is 0. The highest BCUT2D eigenvalue weighted by Gasteiger charge is 2.14. The van der Waals surface area contributed by atoms with E-state index in [4.69, 9.17) is 4.74 Å². The van der Waals surface area contributed by atoms with Crippen molar-refractivity contribution in [3.05, 3.63) is 29.3 Å². The molecule has 18 heavy (non-hydrogen) atoms. The molecule has 0 saturated heterocycles. The second-order valence-electron chi connectivity index (χ2n) is 5.99. The summed E-state index contributed by atoms with van der Waals surface area (Å²) < 4.78 is 5.52. The van der Waals surface area contributed by atoms with Gasteiger partial charge >= 0.3 is 0 Å². The summed E-state index contributed by atoms with van der Waals surface area (Å²) in [5.41, 5.74) is 3.20. The van der Waals surface area contributed by atoms with E-state index >= 15 is 0 Å². The Bertz CT molecular complexity index is 398. The zero-order valence-corrected chi connectivity index (χ0v) is 11.9. The Morgan fingerprint density at radius 3 is 2.94 bits per heavy atom. The highest BCUT2D eigenvalue weighted by Crippen LogP contribution is 2.25. The molecule has 0 fully saturated rings. The number of rotatable bonds is 6. The third-order valence-corrected chi connectivity index (χ3v) is 3.90. The van der Waals surface area contributed by atoms with Crippen LogP contribution in [0.15, 0.2) is 18.2 Å².